The van der Waals surface area contributed by atoms with Crippen LogP contribution in [-0.2, 0) is 66.2 Å². The lowest BCUT2D eigenvalue weighted by atomic mass is 10.8. The Morgan fingerprint density at radius 1 is 0.390 bits per heavy atom. The van der Waals surface area contributed by atoms with Crippen LogP contribution in [0.2, 0.25) is 155 Å². The van der Waals surface area contributed by atoms with Crippen molar-refractivity contribution in [2.75, 3.05) is 79.3 Å². The van der Waals surface area contributed by atoms with Gasteiger partial charge in [-0.05, 0) is 147 Å². The molecule has 0 spiro atoms. The van der Waals surface area contributed by atoms with Crippen LogP contribution >= 0.6 is 47.0 Å². The van der Waals surface area contributed by atoms with Gasteiger partial charge in [0.05, 0.1) is 0 Å². The van der Waals surface area contributed by atoms with Crippen molar-refractivity contribution >= 4 is 168 Å². The van der Waals surface area contributed by atoms with Crippen LogP contribution in [0.5, 0.6) is 0 Å². The number of nitrogens with two attached hydrogens (primary N) is 4. The van der Waals surface area contributed by atoms with Gasteiger partial charge in [0.15, 0.2) is 8.32 Å². The summed E-state index contributed by atoms with van der Waals surface area (Å²) >= 11 is 6.80. The quantitative estimate of drug-likeness (QED) is 0.0408. The van der Waals surface area contributed by atoms with Crippen molar-refractivity contribution in [3.8, 4) is 0 Å². The first-order chi connectivity index (χ1) is 35.0. The predicted molar refractivity (Wildman–Crippen MR) is 353 cm³/mol. The van der Waals surface area contributed by atoms with E-state index in [-0.39, 0.29) is 0 Å². The molecule has 2 saturated heterocycles. The van der Waals surface area contributed by atoms with Crippen LogP contribution < -0.4 is 22.9 Å². The normalized spacial score (nSPS) is 32.5. The van der Waals surface area contributed by atoms with Crippen molar-refractivity contribution in [2.24, 2.45) is 22.9 Å². The Balaban J connectivity index is 3.37. The van der Waals surface area contributed by atoms with E-state index in [9.17, 15) is 4.80 Å². The molecule has 2 heterocycles. The molecule has 0 amide bonds. The molecule has 9 N–H and O–H groups in total. The monoisotopic (exact) mass is 1410 g/mol. The van der Waals surface area contributed by atoms with Crippen molar-refractivity contribution in [1.29, 1.82) is 0 Å². The van der Waals surface area contributed by atoms with Gasteiger partial charge in [-0.1, -0.05) is 6.92 Å². The van der Waals surface area contributed by atoms with E-state index in [0.29, 0.717) is 85.2 Å². The van der Waals surface area contributed by atoms with E-state index in [1.54, 1.807) is 60.7 Å². The summed E-state index contributed by atoms with van der Waals surface area (Å²) in [5.74, 6) is 5.37. The Morgan fingerprint density at radius 3 is 1.12 bits per heavy atom. The highest BCUT2D eigenvalue weighted by molar-refractivity contribution is 8.00. The van der Waals surface area contributed by atoms with E-state index in [1.165, 1.54) is 0 Å². The predicted octanol–water partition coefficient (Wildman–Crippen LogP) is 7.83. The molecule has 2 rings (SSSR count). The lowest BCUT2D eigenvalue weighted by Gasteiger charge is -2.52. The van der Waals surface area contributed by atoms with Crippen LogP contribution in [0.25, 0.3) is 0 Å². The highest BCUT2D eigenvalue weighted by Gasteiger charge is 2.66. The number of hydrogen-bond acceptors (Lipinski definition) is 25. The summed E-state index contributed by atoms with van der Waals surface area (Å²) in [6.07, 6.45) is 0. The summed E-state index contributed by atoms with van der Waals surface area (Å²) in [7, 11) is -48.3. The van der Waals surface area contributed by atoms with E-state index in [1.807, 2.05) is 105 Å². The zero-order valence-corrected chi connectivity index (χ0v) is 68.2. The molecule has 0 aliphatic carbocycles. The molecule has 0 aromatic rings. The van der Waals surface area contributed by atoms with Crippen LogP contribution in [0.3, 0.4) is 0 Å². The lowest BCUT2D eigenvalue weighted by molar-refractivity contribution is 0.116. The Kier molecular flexibility index (Phi) is 31.5. The van der Waals surface area contributed by atoms with Gasteiger partial charge >= 0.3 is 113 Å². The fraction of sp³-hybridized carbons (Fsp3) is 1.00. The van der Waals surface area contributed by atoms with E-state index < -0.39 is 121 Å². The fourth-order valence-corrected chi connectivity index (χ4v) is 82.9. The Labute approximate surface area is 498 Å². The molecule has 0 radical (unpaired) electrons. The molecule has 39 heteroatoms. The highest BCUT2D eigenvalue weighted by atomic mass is 32.2. The number of thioether (sulfide) groups is 4. The van der Waals surface area contributed by atoms with Gasteiger partial charge in [-0.3, -0.25) is 0 Å². The molecule has 2 bridgehead atoms. The maximum absolute atomic E-state index is 12.6. The first-order valence-corrected chi connectivity index (χ1v) is 67.1. The summed E-state index contributed by atoms with van der Waals surface area (Å²) in [6, 6.07) is 2.03. The largest absolute Gasteiger partial charge is 0.477 e. The standard InChI is InChI=1S/C38H106N4O17S4Si14/c1-22-74(45-64(3,4)5)50-69(14,15)53-76(37-33-62-29-25-41)55-70(16,17)54-75(36-32-61-28-24-40,49-65(6,7)44-2)52-68(12,13)47-72(20,35-31-60-27-23-39)58-73(21,43)48-66(8,9)46-67(10,11)51-77(59-74,38-34-63-30-26-42)57-71(18,19)56-76/h43H,22-42H2,1-21H3. The third-order valence-electron chi connectivity index (χ3n) is 10.5. The summed E-state index contributed by atoms with van der Waals surface area (Å²) in [4.78, 5) is 12.6. The van der Waals surface area contributed by atoms with Crippen LogP contribution in [0, 0.1) is 0 Å². The molecule has 460 valence electrons. The molecule has 0 saturated carbocycles. The molecule has 0 aromatic heterocycles. The maximum atomic E-state index is 12.6. The fourth-order valence-electron chi connectivity index (χ4n) is 8.87. The lowest BCUT2D eigenvalue weighted by Crippen LogP contribution is -2.74. The first kappa shape index (κ1) is 76.7. The SMILES string of the molecule is CC[Si]1(O[Si](C)(C)C)O[Si](C)(C)O[Si]2(CCSCCN)O[Si](C)(C)O[Si](CCSCCN)(O[Si](C)(C)OC)O[Si](C)(C)O[Si](C)(CCSCCN)O[Si](C)(O)O[Si](C)(C)O[Si](C)(C)O[Si](CCSCCN)(O[Si](C)(C)O2)O1. The maximum Gasteiger partial charge on any atom is 0.477 e. The summed E-state index contributed by atoms with van der Waals surface area (Å²) in [5, 5.41) is 0. The van der Waals surface area contributed by atoms with E-state index >= 15 is 0 Å². The van der Waals surface area contributed by atoms with Crippen LogP contribution in [0.1, 0.15) is 6.92 Å². The van der Waals surface area contributed by atoms with Crippen molar-refractivity contribution in [3.05, 3.63) is 0 Å². The average Bonchev–Trinajstić information content (AvgIpc) is 3.19. The zero-order chi connectivity index (χ0) is 59.2. The second-order valence-corrected chi connectivity index (χ2v) is 77.0. The molecule has 21 nitrogen and oxygen atoms in total. The van der Waals surface area contributed by atoms with Crippen molar-refractivity contribution in [2.45, 2.75) is 162 Å². The van der Waals surface area contributed by atoms with Gasteiger partial charge in [0.2, 0.25) is 0 Å². The van der Waals surface area contributed by atoms with Gasteiger partial charge in [-0.2, -0.15) is 47.0 Å². The minimum atomic E-state index is -4.10. The van der Waals surface area contributed by atoms with Gasteiger partial charge < -0.3 is 93.9 Å². The van der Waals surface area contributed by atoms with Crippen LogP contribution in [0.15, 0.2) is 0 Å². The van der Waals surface area contributed by atoms with Gasteiger partial charge in [0.1, 0.15) is 0 Å². The minimum absolute atomic E-state index is 0.365. The molecule has 2 fully saturated rings. The van der Waals surface area contributed by atoms with Crippen molar-refractivity contribution in [3.63, 3.8) is 0 Å². The third-order valence-corrected chi connectivity index (χ3v) is 71.0. The number of rotatable bonds is 26. The van der Waals surface area contributed by atoms with Crippen molar-refractivity contribution in [1.82, 2.24) is 0 Å². The first-order valence-electron chi connectivity index (χ1n) is 26.9. The number of hydrogen-bond donors (Lipinski definition) is 5. The van der Waals surface area contributed by atoms with Gasteiger partial charge in [0, 0.05) is 87.0 Å². The highest BCUT2D eigenvalue weighted by Crippen LogP contribution is 2.43. The molecule has 6 atom stereocenters. The number of fused-ring (bicyclic) bond motifs is 4. The van der Waals surface area contributed by atoms with Gasteiger partial charge in [-0.15, -0.1) is 0 Å². The average molecular weight is 1410 g/mol. The molecule has 2 aliphatic rings. The molecule has 2 aliphatic heterocycles. The second kappa shape index (κ2) is 31.7. The molecule has 0 aromatic carbocycles. The van der Waals surface area contributed by atoms with Crippen LogP contribution in [-0.4, -0.2) is 205 Å². The van der Waals surface area contributed by atoms with Crippen molar-refractivity contribution < 1.29 is 70.9 Å². The Bertz CT molecular complexity index is 1780. The van der Waals surface area contributed by atoms with Gasteiger partial charge in [-0.25, -0.2) is 0 Å². The third kappa shape index (κ3) is 29.4. The Morgan fingerprint density at radius 2 is 0.727 bits per heavy atom. The summed E-state index contributed by atoms with van der Waals surface area (Å²) in [6.45, 7) is 41.8. The minimum Gasteiger partial charge on any atom is -0.417 e. The van der Waals surface area contributed by atoms with E-state index in [4.69, 9.17) is 89.1 Å². The molecular formula is C38H106N4O17S4Si14. The Hall–Kier alpha value is 3.60. The summed E-state index contributed by atoms with van der Waals surface area (Å²) < 4.78 is 118. The van der Waals surface area contributed by atoms with Gasteiger partial charge in [0.25, 0.3) is 0 Å². The zero-order valence-electron chi connectivity index (χ0n) is 50.9. The van der Waals surface area contributed by atoms with E-state index in [2.05, 4.69) is 19.6 Å². The molecule has 77 heavy (non-hydrogen) atoms. The molecule has 6 unspecified atom stereocenters. The topological polar surface area (TPSA) is 272 Å². The van der Waals surface area contributed by atoms with E-state index in [0.717, 1.165) is 17.3 Å². The second-order valence-electron chi connectivity index (χ2n) is 23.4. The summed E-state index contributed by atoms with van der Waals surface area (Å²) in [5.41, 5.74) is 24.2. The smallest absolute Gasteiger partial charge is 0.417 e. The van der Waals surface area contributed by atoms with Crippen LogP contribution in [0.4, 0.5) is 0 Å². The molecular weight excluding hydrogens is 1310 g/mol.